The Morgan fingerprint density at radius 2 is 1.93 bits per heavy atom. The first-order valence-corrected chi connectivity index (χ1v) is 10.6. The summed E-state index contributed by atoms with van der Waals surface area (Å²) >= 11 is 0. The first kappa shape index (κ1) is 23.5. The van der Waals surface area contributed by atoms with Gasteiger partial charge in [0.1, 0.15) is 5.76 Å². The van der Waals surface area contributed by atoms with E-state index >= 15 is 0 Å². The largest absolute Gasteiger partial charge is 0.468 e. The fourth-order valence-electron chi connectivity index (χ4n) is 4.33. The van der Waals surface area contributed by atoms with Crippen LogP contribution in [0.25, 0.3) is 0 Å². The number of halogens is 1. The zero-order chi connectivity index (χ0) is 19.1. The normalized spacial score (nSPS) is 22.9. The third kappa shape index (κ3) is 6.62. The van der Waals surface area contributed by atoms with Gasteiger partial charge >= 0.3 is 0 Å². The van der Waals surface area contributed by atoms with Crippen molar-refractivity contribution in [3.05, 3.63) is 24.2 Å². The first-order chi connectivity index (χ1) is 13.2. The molecule has 0 bridgehead atoms. The van der Waals surface area contributed by atoms with Crippen molar-refractivity contribution < 1.29 is 4.42 Å². The lowest BCUT2D eigenvalue weighted by atomic mass is 9.97. The second-order valence-corrected chi connectivity index (χ2v) is 8.21. The predicted molar refractivity (Wildman–Crippen MR) is 126 cm³/mol. The van der Waals surface area contributed by atoms with Crippen molar-refractivity contribution in [1.82, 2.24) is 20.4 Å². The van der Waals surface area contributed by atoms with Gasteiger partial charge in [0.2, 0.25) is 0 Å². The lowest BCUT2D eigenvalue weighted by Gasteiger charge is -2.35. The molecule has 1 aromatic rings. The Labute approximate surface area is 187 Å². The summed E-state index contributed by atoms with van der Waals surface area (Å²) in [6, 6.07) is 4.98. The van der Waals surface area contributed by atoms with Crippen LogP contribution in [-0.4, -0.2) is 68.1 Å². The van der Waals surface area contributed by atoms with Crippen LogP contribution in [0.4, 0.5) is 0 Å². The molecule has 160 valence electrons. The van der Waals surface area contributed by atoms with Crippen molar-refractivity contribution in [2.24, 2.45) is 10.9 Å². The summed E-state index contributed by atoms with van der Waals surface area (Å²) in [6.45, 7) is 11.1. The van der Waals surface area contributed by atoms with E-state index in [9.17, 15) is 0 Å². The molecule has 2 atom stereocenters. The molecule has 3 heterocycles. The molecule has 2 N–H and O–H groups in total. The molecule has 2 aliphatic rings. The molecule has 0 aliphatic carbocycles. The summed E-state index contributed by atoms with van der Waals surface area (Å²) in [6.07, 6.45) is 6.92. The zero-order valence-corrected chi connectivity index (χ0v) is 20.0. The third-order valence-corrected chi connectivity index (χ3v) is 5.98. The van der Waals surface area contributed by atoms with Gasteiger partial charge in [-0.1, -0.05) is 0 Å². The monoisotopic (exact) mass is 503 g/mol. The molecule has 6 nitrogen and oxygen atoms in total. The minimum atomic E-state index is 0. The summed E-state index contributed by atoms with van der Waals surface area (Å²) < 4.78 is 5.72. The van der Waals surface area contributed by atoms with Crippen molar-refractivity contribution in [3.8, 4) is 0 Å². The molecular weight excluding hydrogens is 465 g/mol. The van der Waals surface area contributed by atoms with Gasteiger partial charge in [-0.2, -0.15) is 0 Å². The van der Waals surface area contributed by atoms with Crippen LogP contribution in [0.5, 0.6) is 0 Å². The number of likely N-dealkylation sites (tertiary alicyclic amines) is 2. The number of rotatable bonds is 7. The van der Waals surface area contributed by atoms with Gasteiger partial charge in [-0.25, -0.2) is 0 Å². The molecule has 0 radical (unpaired) electrons. The van der Waals surface area contributed by atoms with Crippen LogP contribution in [0.15, 0.2) is 27.8 Å². The maximum absolute atomic E-state index is 5.72. The van der Waals surface area contributed by atoms with E-state index in [1.807, 2.05) is 13.1 Å². The van der Waals surface area contributed by atoms with Crippen molar-refractivity contribution >= 4 is 29.9 Å². The van der Waals surface area contributed by atoms with Gasteiger partial charge in [0.05, 0.1) is 12.3 Å². The second kappa shape index (κ2) is 12.0. The number of hydrogen-bond acceptors (Lipinski definition) is 4. The lowest BCUT2D eigenvalue weighted by molar-refractivity contribution is 0.141. The highest BCUT2D eigenvalue weighted by atomic mass is 127. The number of nitrogens with one attached hydrogen (secondary N) is 2. The molecule has 0 saturated carbocycles. The average molecular weight is 503 g/mol. The number of piperidine rings is 1. The van der Waals surface area contributed by atoms with Crippen molar-refractivity contribution in [1.29, 1.82) is 0 Å². The molecule has 2 fully saturated rings. The Kier molecular flexibility index (Phi) is 10.1. The third-order valence-electron chi connectivity index (χ3n) is 5.98. The molecule has 2 unspecified atom stereocenters. The fraction of sp³-hybridized carbons (Fsp3) is 0.762. The lowest BCUT2D eigenvalue weighted by Crippen LogP contribution is -2.47. The van der Waals surface area contributed by atoms with E-state index < -0.39 is 0 Å². The van der Waals surface area contributed by atoms with Gasteiger partial charge in [0, 0.05) is 32.7 Å². The van der Waals surface area contributed by atoms with Gasteiger partial charge in [-0.3, -0.25) is 9.89 Å². The van der Waals surface area contributed by atoms with E-state index in [-0.39, 0.29) is 30.0 Å². The fourth-order valence-corrected chi connectivity index (χ4v) is 4.33. The van der Waals surface area contributed by atoms with E-state index in [4.69, 9.17) is 4.42 Å². The number of aliphatic imine (C=N–C) groups is 1. The summed E-state index contributed by atoms with van der Waals surface area (Å²) in [7, 11) is 1.86. The summed E-state index contributed by atoms with van der Waals surface area (Å²) in [5.74, 6) is 2.63. The highest BCUT2D eigenvalue weighted by molar-refractivity contribution is 14.0. The Bertz CT molecular complexity index is 571. The molecule has 7 heteroatoms. The minimum Gasteiger partial charge on any atom is -0.468 e. The van der Waals surface area contributed by atoms with Crippen LogP contribution in [-0.2, 0) is 0 Å². The zero-order valence-electron chi connectivity index (χ0n) is 17.7. The topological polar surface area (TPSA) is 56.0 Å². The molecular formula is C21H38IN5O. The quantitative estimate of drug-likeness (QED) is 0.340. The van der Waals surface area contributed by atoms with E-state index in [1.54, 1.807) is 6.26 Å². The van der Waals surface area contributed by atoms with E-state index in [0.717, 1.165) is 37.9 Å². The highest BCUT2D eigenvalue weighted by Crippen LogP contribution is 2.24. The molecule has 0 aromatic carbocycles. The number of guanidine groups is 1. The Hall–Kier alpha value is -0.800. The second-order valence-electron chi connectivity index (χ2n) is 8.21. The standard InChI is InChI=1S/C21H37N5O.HI/c1-17(2)26-12-6-8-18(16-26)14-23-21(22-3)24-15-19(20-9-7-13-27-20)25-10-4-5-11-25;/h7,9,13,17-19H,4-6,8,10-12,14-16H2,1-3H3,(H2,22,23,24);1H. The Morgan fingerprint density at radius 1 is 1.18 bits per heavy atom. The van der Waals surface area contributed by atoms with Crippen molar-refractivity contribution in [2.75, 3.05) is 46.3 Å². The number of furan rings is 1. The molecule has 0 amide bonds. The van der Waals surface area contributed by atoms with Crippen LogP contribution in [0.1, 0.15) is 51.3 Å². The molecule has 0 spiro atoms. The van der Waals surface area contributed by atoms with Gasteiger partial charge in [0.15, 0.2) is 5.96 Å². The SMILES string of the molecule is CN=C(NCC1CCCN(C(C)C)C1)NCC(c1ccco1)N1CCCC1.I. The minimum absolute atomic E-state index is 0. The van der Waals surface area contributed by atoms with Gasteiger partial charge < -0.3 is 20.0 Å². The van der Waals surface area contributed by atoms with Crippen LogP contribution >= 0.6 is 24.0 Å². The highest BCUT2D eigenvalue weighted by Gasteiger charge is 2.26. The van der Waals surface area contributed by atoms with E-state index in [2.05, 4.69) is 45.3 Å². The van der Waals surface area contributed by atoms with Gasteiger partial charge in [-0.15, -0.1) is 24.0 Å². The van der Waals surface area contributed by atoms with Crippen LogP contribution in [0, 0.1) is 5.92 Å². The van der Waals surface area contributed by atoms with E-state index in [1.165, 1.54) is 38.8 Å². The summed E-state index contributed by atoms with van der Waals surface area (Å²) in [5.41, 5.74) is 0. The molecule has 2 saturated heterocycles. The average Bonchev–Trinajstić information content (AvgIpc) is 3.39. The Morgan fingerprint density at radius 3 is 2.57 bits per heavy atom. The number of nitrogens with zero attached hydrogens (tertiary/aromatic N) is 3. The molecule has 1 aromatic heterocycles. The smallest absolute Gasteiger partial charge is 0.191 e. The summed E-state index contributed by atoms with van der Waals surface area (Å²) in [4.78, 5) is 9.54. The Balaban J connectivity index is 0.00000280. The molecule has 2 aliphatic heterocycles. The van der Waals surface area contributed by atoms with Crippen LogP contribution < -0.4 is 10.6 Å². The van der Waals surface area contributed by atoms with Gasteiger partial charge in [-0.05, 0) is 77.2 Å². The van der Waals surface area contributed by atoms with Crippen LogP contribution in [0.2, 0.25) is 0 Å². The summed E-state index contributed by atoms with van der Waals surface area (Å²) in [5, 5.41) is 7.08. The number of hydrogen-bond donors (Lipinski definition) is 2. The van der Waals surface area contributed by atoms with Crippen molar-refractivity contribution in [2.45, 2.75) is 51.6 Å². The molecule has 3 rings (SSSR count). The maximum atomic E-state index is 5.72. The first-order valence-electron chi connectivity index (χ1n) is 10.6. The predicted octanol–water partition coefficient (Wildman–Crippen LogP) is 3.32. The maximum Gasteiger partial charge on any atom is 0.191 e. The van der Waals surface area contributed by atoms with E-state index in [0.29, 0.717) is 12.0 Å². The van der Waals surface area contributed by atoms with Gasteiger partial charge in [0.25, 0.3) is 0 Å². The van der Waals surface area contributed by atoms with Crippen LogP contribution in [0.3, 0.4) is 0 Å². The van der Waals surface area contributed by atoms with Crippen molar-refractivity contribution in [3.63, 3.8) is 0 Å². The molecule has 28 heavy (non-hydrogen) atoms.